The molecule has 0 bridgehead atoms. The van der Waals surface area contributed by atoms with Gasteiger partial charge in [0, 0.05) is 35.6 Å². The molecule has 6 rings (SSSR count). The van der Waals surface area contributed by atoms with E-state index in [9.17, 15) is 14.7 Å². The summed E-state index contributed by atoms with van der Waals surface area (Å²) in [6.07, 6.45) is 6.56. The molecule has 5 aromatic rings. The Balaban J connectivity index is 1.46. The van der Waals surface area contributed by atoms with E-state index < -0.39 is 11.4 Å². The van der Waals surface area contributed by atoms with Crippen molar-refractivity contribution < 1.29 is 14.6 Å². The van der Waals surface area contributed by atoms with Gasteiger partial charge < -0.3 is 24.3 Å². The van der Waals surface area contributed by atoms with Crippen LogP contribution in [-0.4, -0.2) is 49.8 Å². The summed E-state index contributed by atoms with van der Waals surface area (Å²) in [4.78, 5) is 39.0. The second kappa shape index (κ2) is 9.50. The molecule has 1 aliphatic heterocycles. The van der Waals surface area contributed by atoms with Crippen molar-refractivity contribution in [1.82, 2.24) is 19.5 Å². The van der Waals surface area contributed by atoms with Crippen LogP contribution in [0.5, 0.6) is 5.88 Å². The number of anilines is 1. The Morgan fingerprint density at radius 1 is 1.24 bits per heavy atom. The minimum Gasteiger partial charge on any atom is -0.477 e. The maximum atomic E-state index is 13.2. The highest BCUT2D eigenvalue weighted by molar-refractivity contribution is 6.34. The van der Waals surface area contributed by atoms with Crippen molar-refractivity contribution in [2.24, 2.45) is 0 Å². The van der Waals surface area contributed by atoms with Gasteiger partial charge in [-0.25, -0.2) is 14.8 Å². The number of ether oxygens (including phenoxy) is 1. The van der Waals surface area contributed by atoms with Crippen molar-refractivity contribution >= 4 is 45.2 Å². The van der Waals surface area contributed by atoms with Gasteiger partial charge in [-0.3, -0.25) is 4.79 Å². The fourth-order valence-electron chi connectivity index (χ4n) is 5.12. The number of halogens is 1. The Labute approximate surface area is 222 Å². The van der Waals surface area contributed by atoms with Crippen LogP contribution in [0.4, 0.5) is 5.69 Å². The van der Waals surface area contributed by atoms with Gasteiger partial charge in [-0.2, -0.15) is 0 Å². The number of aromatic nitrogens is 4. The van der Waals surface area contributed by atoms with E-state index >= 15 is 0 Å². The molecule has 10 heteroatoms. The van der Waals surface area contributed by atoms with Crippen LogP contribution in [0.2, 0.25) is 5.02 Å². The first kappa shape index (κ1) is 24.0. The molecule has 0 amide bonds. The van der Waals surface area contributed by atoms with E-state index in [1.54, 1.807) is 23.2 Å². The summed E-state index contributed by atoms with van der Waals surface area (Å²) >= 11 is 6.75. The van der Waals surface area contributed by atoms with Crippen LogP contribution in [0.3, 0.4) is 0 Å². The summed E-state index contributed by atoms with van der Waals surface area (Å²) in [6, 6.07) is 12.9. The summed E-state index contributed by atoms with van der Waals surface area (Å²) in [5.41, 5.74) is 3.65. The SMILES string of the molecule is Cc1cccnc1OCC1CCCN1c1cc2c(cc1Cl)c(=O)c(C(=O)O)cn2-c1ccc2nc[nH]c2c1. The molecule has 1 aliphatic rings. The molecule has 3 aromatic heterocycles. The number of pyridine rings is 2. The number of fused-ring (bicyclic) bond motifs is 2. The number of carboxylic acid groups (broad SMARTS) is 1. The predicted octanol–water partition coefficient (Wildman–Crippen LogP) is 4.97. The third-order valence-corrected chi connectivity index (χ3v) is 7.35. The van der Waals surface area contributed by atoms with Gasteiger partial charge in [0.15, 0.2) is 0 Å². The van der Waals surface area contributed by atoms with E-state index in [-0.39, 0.29) is 17.0 Å². The van der Waals surface area contributed by atoms with Gasteiger partial charge >= 0.3 is 5.97 Å². The van der Waals surface area contributed by atoms with Crippen molar-refractivity contribution in [2.75, 3.05) is 18.1 Å². The number of aryl methyl sites for hydroxylation is 1. The molecular weight excluding hydrogens is 506 g/mol. The molecule has 1 atom stereocenters. The Hall–Kier alpha value is -4.37. The normalized spacial score (nSPS) is 15.4. The third kappa shape index (κ3) is 4.14. The molecule has 38 heavy (non-hydrogen) atoms. The Kier molecular flexibility index (Phi) is 6.00. The zero-order chi connectivity index (χ0) is 26.4. The van der Waals surface area contributed by atoms with Crippen molar-refractivity contribution in [1.29, 1.82) is 0 Å². The molecule has 9 nitrogen and oxygen atoms in total. The van der Waals surface area contributed by atoms with Gasteiger partial charge in [0.25, 0.3) is 0 Å². The lowest BCUT2D eigenvalue weighted by atomic mass is 10.1. The number of hydrogen-bond acceptors (Lipinski definition) is 6. The van der Waals surface area contributed by atoms with E-state index in [0.717, 1.165) is 41.7 Å². The zero-order valence-electron chi connectivity index (χ0n) is 20.5. The second-order valence-electron chi connectivity index (χ2n) is 9.40. The fraction of sp³-hybridized carbons (Fsp3) is 0.214. The fourth-order valence-corrected chi connectivity index (χ4v) is 5.39. The summed E-state index contributed by atoms with van der Waals surface area (Å²) in [5, 5.41) is 10.4. The maximum absolute atomic E-state index is 13.2. The van der Waals surface area contributed by atoms with Crippen LogP contribution < -0.4 is 15.1 Å². The highest BCUT2D eigenvalue weighted by atomic mass is 35.5. The monoisotopic (exact) mass is 529 g/mol. The Morgan fingerprint density at radius 3 is 2.92 bits per heavy atom. The van der Waals surface area contributed by atoms with E-state index in [0.29, 0.717) is 28.7 Å². The van der Waals surface area contributed by atoms with Gasteiger partial charge in [0.05, 0.1) is 39.6 Å². The number of nitrogens with one attached hydrogen (secondary N) is 1. The average molecular weight is 530 g/mol. The predicted molar refractivity (Wildman–Crippen MR) is 146 cm³/mol. The molecule has 0 radical (unpaired) electrons. The van der Waals surface area contributed by atoms with Crippen molar-refractivity contribution in [3.05, 3.63) is 87.6 Å². The number of benzene rings is 2. The lowest BCUT2D eigenvalue weighted by molar-refractivity contribution is 0.0695. The third-order valence-electron chi connectivity index (χ3n) is 7.04. The molecule has 1 saturated heterocycles. The number of hydrogen-bond donors (Lipinski definition) is 2. The van der Waals surface area contributed by atoms with E-state index in [4.69, 9.17) is 16.3 Å². The Bertz CT molecular complexity index is 1760. The van der Waals surface area contributed by atoms with E-state index in [1.165, 1.54) is 6.20 Å². The molecule has 0 saturated carbocycles. The minimum absolute atomic E-state index is 0.0613. The van der Waals surface area contributed by atoms with Gasteiger partial charge in [-0.15, -0.1) is 0 Å². The molecule has 192 valence electrons. The quantitative estimate of drug-likeness (QED) is 0.319. The van der Waals surface area contributed by atoms with Crippen molar-refractivity contribution in [3.63, 3.8) is 0 Å². The van der Waals surface area contributed by atoms with Crippen LogP contribution in [0, 0.1) is 6.92 Å². The van der Waals surface area contributed by atoms with Crippen LogP contribution in [0.1, 0.15) is 28.8 Å². The number of aromatic amines is 1. The molecule has 0 aliphatic carbocycles. The lowest BCUT2D eigenvalue weighted by Crippen LogP contribution is -2.34. The van der Waals surface area contributed by atoms with Crippen LogP contribution in [0.15, 0.2) is 66.0 Å². The first-order chi connectivity index (χ1) is 18.4. The number of rotatable bonds is 6. The van der Waals surface area contributed by atoms with Crippen molar-refractivity contribution in [3.8, 4) is 11.6 Å². The molecule has 0 spiro atoms. The first-order valence-corrected chi connectivity index (χ1v) is 12.7. The van der Waals surface area contributed by atoms with Gasteiger partial charge in [-0.1, -0.05) is 17.7 Å². The number of H-pyrrole nitrogens is 1. The van der Waals surface area contributed by atoms with Crippen LogP contribution in [0.25, 0.3) is 27.6 Å². The van der Waals surface area contributed by atoms with E-state index in [1.807, 2.05) is 43.3 Å². The number of nitrogens with zero attached hydrogens (tertiary/aromatic N) is 4. The molecule has 2 N–H and O–H groups in total. The van der Waals surface area contributed by atoms with Crippen LogP contribution in [-0.2, 0) is 0 Å². The summed E-state index contributed by atoms with van der Waals surface area (Å²) in [5.74, 6) is -0.691. The highest BCUT2D eigenvalue weighted by Gasteiger charge is 2.28. The van der Waals surface area contributed by atoms with Gasteiger partial charge in [-0.05, 0) is 56.2 Å². The number of aromatic carboxylic acids is 1. The average Bonchev–Trinajstić information content (AvgIpc) is 3.57. The first-order valence-electron chi connectivity index (χ1n) is 12.3. The largest absolute Gasteiger partial charge is 0.477 e. The molecule has 4 heterocycles. The Morgan fingerprint density at radius 2 is 2.11 bits per heavy atom. The van der Waals surface area contributed by atoms with Gasteiger partial charge in [0.2, 0.25) is 11.3 Å². The number of carboxylic acids is 1. The molecule has 1 fully saturated rings. The van der Waals surface area contributed by atoms with Crippen molar-refractivity contribution in [2.45, 2.75) is 25.8 Å². The molecule has 2 aromatic carbocycles. The standard InChI is InChI=1S/C28H24ClN5O4/c1-16-4-2-8-30-27(16)38-14-18-5-3-9-33(18)25-12-24-19(11-21(25)29)26(35)20(28(36)37)13-34(24)17-6-7-22-23(10-17)32-15-31-22/h2,4,6-8,10-13,15,18H,3,5,9,14H2,1H3,(H,31,32)(H,36,37). The second-order valence-corrected chi connectivity index (χ2v) is 9.80. The number of imidazole rings is 1. The zero-order valence-corrected chi connectivity index (χ0v) is 21.3. The summed E-state index contributed by atoms with van der Waals surface area (Å²) < 4.78 is 7.78. The van der Waals surface area contributed by atoms with Crippen LogP contribution >= 0.6 is 11.6 Å². The summed E-state index contributed by atoms with van der Waals surface area (Å²) in [7, 11) is 0. The maximum Gasteiger partial charge on any atom is 0.341 e. The minimum atomic E-state index is -1.30. The van der Waals surface area contributed by atoms with Gasteiger partial charge in [0.1, 0.15) is 12.2 Å². The lowest BCUT2D eigenvalue weighted by Gasteiger charge is -2.28. The molecule has 1 unspecified atom stereocenters. The smallest absolute Gasteiger partial charge is 0.341 e. The van der Waals surface area contributed by atoms with E-state index in [2.05, 4.69) is 19.9 Å². The highest BCUT2D eigenvalue weighted by Crippen LogP contribution is 2.36. The topological polar surface area (TPSA) is 113 Å². The number of carbonyl (C=O) groups is 1. The summed E-state index contributed by atoms with van der Waals surface area (Å²) in [6.45, 7) is 3.17. The molecular formula is C28H24ClN5O4.